The Balaban J connectivity index is 0.000000631. The molecule has 0 amide bonds. The number of hydrogen-bond acceptors (Lipinski definition) is 4. The van der Waals surface area contributed by atoms with Gasteiger partial charge >= 0.3 is 6.16 Å². The standard InChI is InChI=1S/C9H19NO3S.CH2O3/c11-14(12,13)8-4-7-10-9-5-2-1-3-6-9;2-1(3)4/h9-10H,1-8H2,(H,11,12,13);(H2,2,3,4). The second-order valence-corrected chi connectivity index (χ2v) is 5.78. The highest BCUT2D eigenvalue weighted by molar-refractivity contribution is 7.85. The predicted octanol–water partition coefficient (Wildman–Crippen LogP) is 1.41. The summed E-state index contributed by atoms with van der Waals surface area (Å²) in [4.78, 5) is 8.56. The molecule has 1 rings (SSSR count). The van der Waals surface area contributed by atoms with E-state index in [0.29, 0.717) is 19.0 Å². The Hall–Kier alpha value is -0.860. The Morgan fingerprint density at radius 3 is 2.11 bits per heavy atom. The van der Waals surface area contributed by atoms with Crippen LogP contribution in [-0.2, 0) is 10.1 Å². The van der Waals surface area contributed by atoms with E-state index in [0.717, 1.165) is 0 Å². The van der Waals surface area contributed by atoms with Crippen molar-refractivity contribution in [3.8, 4) is 0 Å². The lowest BCUT2D eigenvalue weighted by Gasteiger charge is -2.22. The molecule has 0 aliphatic heterocycles. The van der Waals surface area contributed by atoms with Crippen molar-refractivity contribution in [3.05, 3.63) is 0 Å². The molecule has 108 valence electrons. The summed E-state index contributed by atoms with van der Waals surface area (Å²) < 4.78 is 29.3. The first-order valence-corrected chi connectivity index (χ1v) is 7.52. The van der Waals surface area contributed by atoms with Crippen molar-refractivity contribution in [2.24, 2.45) is 0 Å². The average molecular weight is 283 g/mol. The quantitative estimate of drug-likeness (QED) is 0.444. The van der Waals surface area contributed by atoms with Crippen molar-refractivity contribution in [3.63, 3.8) is 0 Å². The van der Waals surface area contributed by atoms with Crippen LogP contribution in [0.4, 0.5) is 4.79 Å². The second-order valence-electron chi connectivity index (χ2n) is 4.21. The van der Waals surface area contributed by atoms with E-state index < -0.39 is 16.3 Å². The summed E-state index contributed by atoms with van der Waals surface area (Å²) in [7, 11) is -3.77. The minimum atomic E-state index is -3.77. The molecule has 0 saturated heterocycles. The largest absolute Gasteiger partial charge is 0.503 e. The van der Waals surface area contributed by atoms with E-state index >= 15 is 0 Å². The highest BCUT2D eigenvalue weighted by Gasteiger charge is 2.12. The van der Waals surface area contributed by atoms with E-state index in [2.05, 4.69) is 5.32 Å². The summed E-state index contributed by atoms with van der Waals surface area (Å²) in [5, 5.41) is 17.3. The molecule has 0 bridgehead atoms. The van der Waals surface area contributed by atoms with Gasteiger partial charge in [0.05, 0.1) is 5.75 Å². The van der Waals surface area contributed by atoms with E-state index in [-0.39, 0.29) is 5.75 Å². The van der Waals surface area contributed by atoms with Crippen molar-refractivity contribution in [1.29, 1.82) is 0 Å². The fraction of sp³-hybridized carbons (Fsp3) is 0.900. The Morgan fingerprint density at radius 1 is 1.17 bits per heavy atom. The lowest BCUT2D eigenvalue weighted by molar-refractivity contribution is 0.137. The zero-order valence-electron chi connectivity index (χ0n) is 10.2. The van der Waals surface area contributed by atoms with Crippen LogP contribution in [0.25, 0.3) is 0 Å². The summed E-state index contributed by atoms with van der Waals surface area (Å²) in [5.74, 6) is -0.132. The van der Waals surface area contributed by atoms with E-state index in [4.69, 9.17) is 19.6 Å². The van der Waals surface area contributed by atoms with Crippen LogP contribution in [-0.4, -0.2) is 47.7 Å². The van der Waals surface area contributed by atoms with Gasteiger partial charge in [0, 0.05) is 6.04 Å². The maximum atomic E-state index is 10.4. The highest BCUT2D eigenvalue weighted by atomic mass is 32.2. The number of carboxylic acid groups (broad SMARTS) is 2. The molecule has 1 fully saturated rings. The van der Waals surface area contributed by atoms with Gasteiger partial charge in [-0.3, -0.25) is 4.55 Å². The van der Waals surface area contributed by atoms with Gasteiger partial charge in [-0.1, -0.05) is 19.3 Å². The lowest BCUT2D eigenvalue weighted by Crippen LogP contribution is -2.32. The van der Waals surface area contributed by atoms with E-state index in [1.807, 2.05) is 0 Å². The first-order valence-electron chi connectivity index (χ1n) is 5.91. The molecule has 0 aromatic heterocycles. The van der Waals surface area contributed by atoms with Crippen molar-refractivity contribution < 1.29 is 28.0 Å². The Kier molecular flexibility index (Phi) is 8.69. The number of nitrogens with one attached hydrogen (secondary N) is 1. The topological polar surface area (TPSA) is 124 Å². The maximum absolute atomic E-state index is 10.4. The third-order valence-electron chi connectivity index (χ3n) is 2.62. The molecule has 0 unspecified atom stereocenters. The zero-order chi connectivity index (χ0) is 14.0. The summed E-state index contributed by atoms with van der Waals surface area (Å²) in [6.45, 7) is 0.685. The number of hydrogen-bond donors (Lipinski definition) is 4. The van der Waals surface area contributed by atoms with E-state index in [1.54, 1.807) is 0 Å². The van der Waals surface area contributed by atoms with Crippen molar-refractivity contribution >= 4 is 16.3 Å². The molecule has 1 saturated carbocycles. The van der Waals surface area contributed by atoms with Crippen LogP contribution in [0.5, 0.6) is 0 Å². The monoisotopic (exact) mass is 283 g/mol. The molecule has 8 heteroatoms. The highest BCUT2D eigenvalue weighted by Crippen LogP contribution is 2.17. The first-order chi connectivity index (χ1) is 8.31. The van der Waals surface area contributed by atoms with Crippen LogP contribution in [0.15, 0.2) is 0 Å². The maximum Gasteiger partial charge on any atom is 0.503 e. The third-order valence-corrected chi connectivity index (χ3v) is 3.42. The van der Waals surface area contributed by atoms with Gasteiger partial charge in [0.1, 0.15) is 0 Å². The SMILES string of the molecule is O=C(O)O.O=S(=O)(O)CCCNC1CCCCC1. The first kappa shape index (κ1) is 17.1. The molecule has 0 spiro atoms. The van der Waals surface area contributed by atoms with Gasteiger partial charge in [0.15, 0.2) is 0 Å². The molecule has 0 atom stereocenters. The van der Waals surface area contributed by atoms with Gasteiger partial charge in [-0.15, -0.1) is 0 Å². The Morgan fingerprint density at radius 2 is 1.67 bits per heavy atom. The van der Waals surface area contributed by atoms with Crippen LogP contribution >= 0.6 is 0 Å². The van der Waals surface area contributed by atoms with Crippen LogP contribution in [0.1, 0.15) is 38.5 Å². The minimum absolute atomic E-state index is 0.132. The fourth-order valence-corrected chi connectivity index (χ4v) is 2.38. The summed E-state index contributed by atoms with van der Waals surface area (Å²) in [6.07, 6.45) is 4.93. The molecule has 1 aliphatic carbocycles. The molecule has 0 aromatic rings. The zero-order valence-corrected chi connectivity index (χ0v) is 11.0. The van der Waals surface area contributed by atoms with E-state index in [1.165, 1.54) is 32.1 Å². The van der Waals surface area contributed by atoms with Crippen molar-refractivity contribution in [2.75, 3.05) is 12.3 Å². The molecule has 4 N–H and O–H groups in total. The predicted molar refractivity (Wildman–Crippen MR) is 66.6 cm³/mol. The molecule has 7 nitrogen and oxygen atoms in total. The summed E-state index contributed by atoms with van der Waals surface area (Å²) in [5.41, 5.74) is 0. The van der Waals surface area contributed by atoms with Crippen LogP contribution in [0.3, 0.4) is 0 Å². The van der Waals surface area contributed by atoms with Crippen LogP contribution in [0.2, 0.25) is 0 Å². The molecule has 1 aliphatic rings. The van der Waals surface area contributed by atoms with Gasteiger partial charge in [0.2, 0.25) is 0 Å². The van der Waals surface area contributed by atoms with Crippen LogP contribution < -0.4 is 5.32 Å². The Bertz CT molecular complexity index is 319. The van der Waals surface area contributed by atoms with Gasteiger partial charge in [-0.25, -0.2) is 4.79 Å². The third kappa shape index (κ3) is 13.2. The average Bonchev–Trinajstić information content (AvgIpc) is 2.24. The fourth-order valence-electron chi connectivity index (χ4n) is 1.87. The molecule has 0 heterocycles. The van der Waals surface area contributed by atoms with Gasteiger partial charge in [-0.05, 0) is 25.8 Å². The summed E-state index contributed by atoms with van der Waals surface area (Å²) in [6, 6.07) is 0.560. The number of carbonyl (C=O) groups is 1. The molecule has 0 aromatic carbocycles. The number of rotatable bonds is 5. The molecule has 0 radical (unpaired) electrons. The minimum Gasteiger partial charge on any atom is -0.450 e. The second kappa shape index (κ2) is 9.12. The Labute approximate surface area is 107 Å². The van der Waals surface area contributed by atoms with Crippen molar-refractivity contribution in [2.45, 2.75) is 44.6 Å². The normalized spacial score (nSPS) is 16.7. The lowest BCUT2D eigenvalue weighted by atomic mass is 9.95. The molecular formula is C10H21NO6S. The molecule has 18 heavy (non-hydrogen) atoms. The van der Waals surface area contributed by atoms with Gasteiger partial charge in [0.25, 0.3) is 10.1 Å². The van der Waals surface area contributed by atoms with E-state index in [9.17, 15) is 8.42 Å². The van der Waals surface area contributed by atoms with Crippen LogP contribution in [0, 0.1) is 0 Å². The van der Waals surface area contributed by atoms with Gasteiger partial charge < -0.3 is 15.5 Å². The smallest absolute Gasteiger partial charge is 0.450 e. The summed E-state index contributed by atoms with van der Waals surface area (Å²) >= 11 is 0. The van der Waals surface area contributed by atoms with Gasteiger partial charge in [-0.2, -0.15) is 8.42 Å². The molecular weight excluding hydrogens is 262 g/mol. The van der Waals surface area contributed by atoms with Crippen molar-refractivity contribution in [1.82, 2.24) is 5.32 Å².